The number of hydrogen-bond donors (Lipinski definition) is 2. The lowest BCUT2D eigenvalue weighted by molar-refractivity contribution is -0.153. The molecule has 2 rings (SSSR count). The Labute approximate surface area is 138 Å². The number of rotatable bonds is 6. The van der Waals surface area contributed by atoms with E-state index in [1.165, 1.54) is 12.1 Å². The molecule has 1 aromatic rings. The van der Waals surface area contributed by atoms with Crippen molar-refractivity contribution in [2.24, 2.45) is 0 Å². The zero-order valence-electron chi connectivity index (χ0n) is 13.4. The quantitative estimate of drug-likeness (QED) is 0.829. The van der Waals surface area contributed by atoms with E-state index in [0.717, 1.165) is 12.1 Å². The molecule has 1 amide bonds. The number of carbonyl (C=O) groups excluding carboxylic acids is 1. The van der Waals surface area contributed by atoms with Gasteiger partial charge in [0, 0.05) is 19.0 Å². The van der Waals surface area contributed by atoms with Crippen LogP contribution in [0.25, 0.3) is 0 Å². The first-order valence-corrected chi connectivity index (χ1v) is 7.73. The first kappa shape index (κ1) is 18.5. The van der Waals surface area contributed by atoms with Crippen LogP contribution in [-0.4, -0.2) is 44.5 Å². The highest BCUT2D eigenvalue weighted by Gasteiger charge is 2.28. The summed E-state index contributed by atoms with van der Waals surface area (Å²) in [6.45, 7) is 2.38. The fourth-order valence-electron chi connectivity index (χ4n) is 2.38. The van der Waals surface area contributed by atoms with Crippen LogP contribution >= 0.6 is 0 Å². The maximum Gasteiger partial charge on any atom is 0.422 e. The van der Waals surface area contributed by atoms with E-state index < -0.39 is 12.8 Å². The minimum atomic E-state index is -4.36. The Morgan fingerprint density at radius 2 is 2.12 bits per heavy atom. The van der Waals surface area contributed by atoms with Crippen LogP contribution in [0.15, 0.2) is 24.3 Å². The Balaban J connectivity index is 1.80. The Kier molecular flexibility index (Phi) is 6.44. The lowest BCUT2D eigenvalue weighted by Gasteiger charge is -2.24. The number of hydrogen-bond acceptors (Lipinski definition) is 4. The molecular weight excluding hydrogens is 325 g/mol. The van der Waals surface area contributed by atoms with Crippen LogP contribution in [0.2, 0.25) is 0 Å². The third kappa shape index (κ3) is 6.37. The van der Waals surface area contributed by atoms with Gasteiger partial charge in [-0.25, -0.2) is 0 Å². The molecule has 1 saturated heterocycles. The molecule has 2 N–H and O–H groups in total. The predicted octanol–water partition coefficient (Wildman–Crippen LogP) is 2.18. The molecule has 1 heterocycles. The monoisotopic (exact) mass is 346 g/mol. The number of carbonyl (C=O) groups is 1. The van der Waals surface area contributed by atoms with E-state index in [1.807, 2.05) is 6.92 Å². The molecule has 24 heavy (non-hydrogen) atoms. The fraction of sp³-hybridized carbons (Fsp3) is 0.562. The number of ether oxygens (including phenoxy) is 2. The summed E-state index contributed by atoms with van der Waals surface area (Å²) in [5, 5.41) is 6.07. The smallest absolute Gasteiger partial charge is 0.422 e. The lowest BCUT2D eigenvalue weighted by atomic mass is 10.1. The van der Waals surface area contributed by atoms with Crippen molar-refractivity contribution in [2.75, 3.05) is 26.4 Å². The van der Waals surface area contributed by atoms with Crippen molar-refractivity contribution < 1.29 is 27.4 Å². The molecule has 0 spiro atoms. The Hall–Kier alpha value is -1.80. The number of alkyl halides is 3. The van der Waals surface area contributed by atoms with Crippen LogP contribution in [0, 0.1) is 0 Å². The third-order valence-electron chi connectivity index (χ3n) is 3.59. The van der Waals surface area contributed by atoms with Crippen LogP contribution in [0.4, 0.5) is 13.2 Å². The highest BCUT2D eigenvalue weighted by molar-refractivity contribution is 5.77. The van der Waals surface area contributed by atoms with E-state index in [9.17, 15) is 18.0 Å². The van der Waals surface area contributed by atoms with Crippen molar-refractivity contribution in [1.82, 2.24) is 10.6 Å². The summed E-state index contributed by atoms with van der Waals surface area (Å²) in [4.78, 5) is 12.0. The van der Waals surface area contributed by atoms with Gasteiger partial charge in [-0.05, 0) is 24.6 Å². The summed E-state index contributed by atoms with van der Waals surface area (Å²) in [7, 11) is 0. The highest BCUT2D eigenvalue weighted by Crippen LogP contribution is 2.21. The van der Waals surface area contributed by atoms with Crippen LogP contribution in [-0.2, 0) is 9.53 Å². The van der Waals surface area contributed by atoms with E-state index in [2.05, 4.69) is 15.4 Å². The largest absolute Gasteiger partial charge is 0.484 e. The number of halogens is 3. The van der Waals surface area contributed by atoms with Gasteiger partial charge in [0.1, 0.15) is 5.75 Å². The molecular formula is C16H21F3N2O3. The van der Waals surface area contributed by atoms with Crippen LogP contribution in [0.5, 0.6) is 5.75 Å². The lowest BCUT2D eigenvalue weighted by Crippen LogP contribution is -2.44. The van der Waals surface area contributed by atoms with Gasteiger partial charge in [0.2, 0.25) is 5.91 Å². The molecule has 0 aromatic heterocycles. The van der Waals surface area contributed by atoms with Crippen molar-refractivity contribution in [3.8, 4) is 5.75 Å². The van der Waals surface area contributed by atoms with Gasteiger partial charge in [0.05, 0.1) is 19.3 Å². The summed E-state index contributed by atoms with van der Waals surface area (Å²) in [5.41, 5.74) is 0.788. The summed E-state index contributed by atoms with van der Waals surface area (Å²) in [6, 6.07) is 5.94. The molecule has 0 bridgehead atoms. The maximum atomic E-state index is 12.1. The summed E-state index contributed by atoms with van der Waals surface area (Å²) in [5.74, 6) is 0.0288. The first-order valence-electron chi connectivity index (χ1n) is 7.73. The fourth-order valence-corrected chi connectivity index (χ4v) is 2.38. The molecule has 1 aromatic carbocycles. The average Bonchev–Trinajstić information content (AvgIpc) is 2.53. The minimum Gasteiger partial charge on any atom is -0.484 e. The molecule has 1 aliphatic rings. The van der Waals surface area contributed by atoms with Gasteiger partial charge >= 0.3 is 6.18 Å². The molecule has 8 heteroatoms. The number of morpholine rings is 1. The molecule has 0 radical (unpaired) electrons. The van der Waals surface area contributed by atoms with Gasteiger partial charge in [0.25, 0.3) is 0 Å². The Morgan fingerprint density at radius 3 is 2.71 bits per heavy atom. The standard InChI is InChI=1S/C16H21F3N2O3/c1-11(21-15(22)8-13-9-23-7-6-20-13)12-2-4-14(5-3-12)24-10-16(17,18)19/h2-5,11,13,20H,6-10H2,1H3,(H,21,22). The number of benzene rings is 1. The van der Waals surface area contributed by atoms with Crippen molar-refractivity contribution in [3.05, 3.63) is 29.8 Å². The predicted molar refractivity (Wildman–Crippen MR) is 81.8 cm³/mol. The van der Waals surface area contributed by atoms with Gasteiger partial charge in [0.15, 0.2) is 6.61 Å². The van der Waals surface area contributed by atoms with E-state index in [0.29, 0.717) is 19.6 Å². The number of nitrogens with one attached hydrogen (secondary N) is 2. The van der Waals surface area contributed by atoms with Crippen molar-refractivity contribution in [2.45, 2.75) is 31.6 Å². The second kappa shape index (κ2) is 8.34. The molecule has 1 fully saturated rings. The summed E-state index contributed by atoms with van der Waals surface area (Å²) in [6.07, 6.45) is -4.05. The van der Waals surface area contributed by atoms with Gasteiger partial charge in [-0.15, -0.1) is 0 Å². The second-order valence-electron chi connectivity index (χ2n) is 5.69. The number of amides is 1. The van der Waals surface area contributed by atoms with Crippen LogP contribution < -0.4 is 15.4 Å². The first-order chi connectivity index (χ1) is 11.3. The van der Waals surface area contributed by atoms with Crippen LogP contribution in [0.3, 0.4) is 0 Å². The minimum absolute atomic E-state index is 0.00379. The van der Waals surface area contributed by atoms with E-state index >= 15 is 0 Å². The SMILES string of the molecule is CC(NC(=O)CC1COCCN1)c1ccc(OCC(F)(F)F)cc1. The summed E-state index contributed by atoms with van der Waals surface area (Å²) < 4.78 is 46.2. The zero-order valence-corrected chi connectivity index (χ0v) is 13.4. The van der Waals surface area contributed by atoms with E-state index in [1.54, 1.807) is 12.1 Å². The van der Waals surface area contributed by atoms with Gasteiger partial charge in [-0.3, -0.25) is 4.79 Å². The molecule has 0 aliphatic carbocycles. The Morgan fingerprint density at radius 1 is 1.42 bits per heavy atom. The molecule has 0 saturated carbocycles. The summed E-state index contributed by atoms with van der Waals surface area (Å²) >= 11 is 0. The van der Waals surface area contributed by atoms with Gasteiger partial charge < -0.3 is 20.1 Å². The molecule has 5 nitrogen and oxygen atoms in total. The normalized spacial score (nSPS) is 19.6. The molecule has 1 aliphatic heterocycles. The van der Waals surface area contributed by atoms with E-state index in [-0.39, 0.29) is 23.7 Å². The van der Waals surface area contributed by atoms with Gasteiger partial charge in [-0.2, -0.15) is 13.2 Å². The van der Waals surface area contributed by atoms with Crippen molar-refractivity contribution in [1.29, 1.82) is 0 Å². The Bertz CT molecular complexity index is 528. The van der Waals surface area contributed by atoms with E-state index in [4.69, 9.17) is 4.74 Å². The maximum absolute atomic E-state index is 12.1. The van der Waals surface area contributed by atoms with Crippen molar-refractivity contribution >= 4 is 5.91 Å². The topological polar surface area (TPSA) is 59.6 Å². The second-order valence-corrected chi connectivity index (χ2v) is 5.69. The molecule has 2 atom stereocenters. The average molecular weight is 346 g/mol. The van der Waals surface area contributed by atoms with Gasteiger partial charge in [-0.1, -0.05) is 12.1 Å². The molecule has 2 unspecified atom stereocenters. The van der Waals surface area contributed by atoms with Crippen LogP contribution in [0.1, 0.15) is 24.9 Å². The molecule has 134 valence electrons. The zero-order chi connectivity index (χ0) is 17.6. The highest BCUT2D eigenvalue weighted by atomic mass is 19.4. The van der Waals surface area contributed by atoms with Crippen molar-refractivity contribution in [3.63, 3.8) is 0 Å². The third-order valence-corrected chi connectivity index (χ3v) is 3.59.